The van der Waals surface area contributed by atoms with Crippen LogP contribution < -0.4 is 15.4 Å². The van der Waals surface area contributed by atoms with Gasteiger partial charge in [-0.05, 0) is 62.1 Å². The van der Waals surface area contributed by atoms with E-state index in [1.165, 1.54) is 10.6 Å². The van der Waals surface area contributed by atoms with Crippen LogP contribution in [-0.2, 0) is 4.79 Å². The minimum atomic E-state index is -0.597. The minimum Gasteiger partial charge on any atom is -0.366 e. The summed E-state index contributed by atoms with van der Waals surface area (Å²) in [5.74, 6) is -0.778. The van der Waals surface area contributed by atoms with Gasteiger partial charge < -0.3 is 14.7 Å². The number of amides is 1. The third-order valence-corrected chi connectivity index (χ3v) is 10.1. The molecule has 1 fully saturated rings. The number of piperazine rings is 1. The predicted molar refractivity (Wildman–Crippen MR) is 187 cm³/mol. The van der Waals surface area contributed by atoms with E-state index in [1.54, 1.807) is 18.5 Å². The molecular weight excluding hydrogens is 617 g/mol. The summed E-state index contributed by atoms with van der Waals surface area (Å²) in [6.45, 7) is 14.9. The standard InChI is InChI=1S/C36H37ClFN7O2/c1-8-27(46)43-17-22-16-42(7)35-34(44(22)15-21(43)6)23-13-25(37)29(28-19(4)9-10-26-24(28)14-40-41-26)30(38)33(23)45(36(35)47)32-20(5)11-12-39-31(32)18(2)3/h8-14,18,21-22H,1,15-17H2,2-7H3,(H,40,41). The van der Waals surface area contributed by atoms with Crippen LogP contribution in [0.1, 0.15) is 43.5 Å². The molecule has 2 aliphatic heterocycles. The van der Waals surface area contributed by atoms with Crippen LogP contribution in [0.25, 0.3) is 38.6 Å². The fraction of sp³-hybridized carbons (Fsp3) is 0.333. The van der Waals surface area contributed by atoms with Crippen molar-refractivity contribution >= 4 is 50.7 Å². The molecule has 0 aliphatic carbocycles. The zero-order valence-electron chi connectivity index (χ0n) is 27.4. The van der Waals surface area contributed by atoms with Crippen molar-refractivity contribution in [3.8, 4) is 16.8 Å². The molecule has 2 atom stereocenters. The summed E-state index contributed by atoms with van der Waals surface area (Å²) >= 11 is 7.13. The Morgan fingerprint density at radius 2 is 1.85 bits per heavy atom. The van der Waals surface area contributed by atoms with Crippen LogP contribution >= 0.6 is 11.6 Å². The van der Waals surface area contributed by atoms with Gasteiger partial charge in [0.25, 0.3) is 5.56 Å². The third kappa shape index (κ3) is 4.56. The number of benzene rings is 2. The molecular formula is C36H37ClFN7O2. The molecule has 1 N–H and O–H groups in total. The highest BCUT2D eigenvalue weighted by molar-refractivity contribution is 6.35. The number of anilines is 2. The molecule has 5 heterocycles. The number of nitrogens with one attached hydrogen (secondary N) is 1. The molecule has 3 aromatic heterocycles. The summed E-state index contributed by atoms with van der Waals surface area (Å²) in [5, 5.41) is 8.67. The first kappa shape index (κ1) is 30.9. The second-order valence-electron chi connectivity index (χ2n) is 13.1. The van der Waals surface area contributed by atoms with Gasteiger partial charge >= 0.3 is 0 Å². The maximum absolute atomic E-state index is 17.8. The Morgan fingerprint density at radius 1 is 1.09 bits per heavy atom. The highest BCUT2D eigenvalue weighted by atomic mass is 35.5. The van der Waals surface area contributed by atoms with Gasteiger partial charge in [0.2, 0.25) is 5.91 Å². The molecule has 2 aliphatic rings. The van der Waals surface area contributed by atoms with Gasteiger partial charge in [-0.3, -0.25) is 24.2 Å². The van der Waals surface area contributed by atoms with E-state index in [4.69, 9.17) is 11.6 Å². The van der Waals surface area contributed by atoms with Gasteiger partial charge in [-0.15, -0.1) is 0 Å². The smallest absolute Gasteiger partial charge is 0.281 e. The first-order chi connectivity index (χ1) is 22.4. The summed E-state index contributed by atoms with van der Waals surface area (Å²) < 4.78 is 19.3. The van der Waals surface area contributed by atoms with E-state index in [0.29, 0.717) is 53.3 Å². The molecule has 2 unspecified atom stereocenters. The molecule has 9 nitrogen and oxygen atoms in total. The molecule has 242 valence electrons. The number of halogens is 2. The second-order valence-corrected chi connectivity index (χ2v) is 13.5. The fourth-order valence-electron chi connectivity index (χ4n) is 7.56. The summed E-state index contributed by atoms with van der Waals surface area (Å²) in [4.78, 5) is 38.4. The zero-order chi connectivity index (χ0) is 33.5. The number of aromatic amines is 1. The van der Waals surface area contributed by atoms with Crippen molar-refractivity contribution in [3.63, 3.8) is 0 Å². The molecule has 0 radical (unpaired) electrons. The number of aromatic nitrogens is 4. The van der Waals surface area contributed by atoms with Crippen LogP contribution in [0.5, 0.6) is 0 Å². The lowest BCUT2D eigenvalue weighted by Gasteiger charge is -2.51. The number of hydrogen-bond donors (Lipinski definition) is 1. The van der Waals surface area contributed by atoms with Crippen LogP contribution in [0.15, 0.2) is 54.1 Å². The average molecular weight is 654 g/mol. The van der Waals surface area contributed by atoms with Crippen molar-refractivity contribution in [3.05, 3.63) is 87.3 Å². The number of aryl methyl sites for hydroxylation is 2. The van der Waals surface area contributed by atoms with E-state index < -0.39 is 5.82 Å². The Morgan fingerprint density at radius 3 is 2.57 bits per heavy atom. The molecule has 47 heavy (non-hydrogen) atoms. The van der Waals surface area contributed by atoms with Crippen LogP contribution in [-0.4, -0.2) is 69.3 Å². The Labute approximate surface area is 277 Å². The highest BCUT2D eigenvalue weighted by Gasteiger charge is 2.42. The Balaban J connectivity index is 1.63. The second kappa shape index (κ2) is 11.2. The Bertz CT molecular complexity index is 2190. The number of H-pyrrole nitrogens is 1. The first-order valence-electron chi connectivity index (χ1n) is 15.8. The molecule has 0 spiro atoms. The highest BCUT2D eigenvalue weighted by Crippen LogP contribution is 2.47. The van der Waals surface area contributed by atoms with Crippen molar-refractivity contribution in [1.82, 2.24) is 24.6 Å². The predicted octanol–water partition coefficient (Wildman–Crippen LogP) is 6.50. The van der Waals surface area contributed by atoms with Crippen molar-refractivity contribution in [2.45, 2.75) is 52.6 Å². The van der Waals surface area contributed by atoms with E-state index in [2.05, 4.69) is 26.7 Å². The SMILES string of the molecule is C=CC(=O)N1CC2CN(C)c3c(c4cc(Cl)c(-c5c(C)ccc6[nH]ncc56)c(F)c4n(-c4c(C)ccnc4C(C)C)c3=O)N2CC1C. The number of likely N-dealkylation sites (N-methyl/N-ethyl adjacent to an activating group) is 1. The van der Waals surface area contributed by atoms with Crippen molar-refractivity contribution in [1.29, 1.82) is 0 Å². The van der Waals surface area contributed by atoms with Gasteiger partial charge in [0, 0.05) is 60.8 Å². The largest absolute Gasteiger partial charge is 0.366 e. The Hall–Kier alpha value is -4.70. The van der Waals surface area contributed by atoms with Gasteiger partial charge in [0.15, 0.2) is 5.82 Å². The maximum Gasteiger partial charge on any atom is 0.281 e. The maximum atomic E-state index is 17.8. The fourth-order valence-corrected chi connectivity index (χ4v) is 7.85. The van der Waals surface area contributed by atoms with Gasteiger partial charge in [0.05, 0.1) is 45.4 Å². The van der Waals surface area contributed by atoms with Crippen molar-refractivity contribution in [2.75, 3.05) is 36.5 Å². The molecule has 0 bridgehead atoms. The zero-order valence-corrected chi connectivity index (χ0v) is 28.1. The molecule has 1 saturated heterocycles. The number of pyridine rings is 2. The number of carbonyl (C=O) groups excluding carboxylic acids is 1. The lowest BCUT2D eigenvalue weighted by atomic mass is 9.93. The summed E-state index contributed by atoms with van der Waals surface area (Å²) in [6, 6.07) is 7.15. The summed E-state index contributed by atoms with van der Waals surface area (Å²) in [6.07, 6.45) is 4.73. The number of carbonyl (C=O) groups is 1. The topological polar surface area (TPSA) is 90.4 Å². The lowest BCUT2D eigenvalue weighted by Crippen LogP contribution is -2.64. The third-order valence-electron chi connectivity index (χ3n) is 9.76. The van der Waals surface area contributed by atoms with E-state index in [0.717, 1.165) is 22.0 Å². The molecule has 0 saturated carbocycles. The quantitative estimate of drug-likeness (QED) is 0.223. The van der Waals surface area contributed by atoms with Gasteiger partial charge in [0.1, 0.15) is 5.69 Å². The molecule has 5 aromatic rings. The number of rotatable bonds is 4. The molecule has 1 amide bonds. The lowest BCUT2D eigenvalue weighted by molar-refractivity contribution is -0.128. The van der Waals surface area contributed by atoms with E-state index in [-0.39, 0.29) is 45.6 Å². The van der Waals surface area contributed by atoms with Gasteiger partial charge in [-0.2, -0.15) is 5.10 Å². The van der Waals surface area contributed by atoms with Gasteiger partial charge in [-0.25, -0.2) is 4.39 Å². The van der Waals surface area contributed by atoms with Crippen molar-refractivity contribution < 1.29 is 9.18 Å². The molecule has 11 heteroatoms. The average Bonchev–Trinajstić information content (AvgIpc) is 3.51. The number of nitrogens with zero attached hydrogens (tertiary/aromatic N) is 6. The minimum absolute atomic E-state index is 0.0435. The van der Waals surface area contributed by atoms with Crippen LogP contribution in [0, 0.1) is 19.7 Å². The van der Waals surface area contributed by atoms with Crippen LogP contribution in [0.2, 0.25) is 5.02 Å². The van der Waals surface area contributed by atoms with Gasteiger partial charge in [-0.1, -0.05) is 38.1 Å². The molecule has 2 aromatic carbocycles. The van der Waals surface area contributed by atoms with E-state index in [1.807, 2.05) is 69.7 Å². The number of fused-ring (bicyclic) bond motifs is 6. The first-order valence-corrected chi connectivity index (χ1v) is 16.2. The number of hydrogen-bond acceptors (Lipinski definition) is 6. The monoisotopic (exact) mass is 653 g/mol. The van der Waals surface area contributed by atoms with E-state index in [9.17, 15) is 4.79 Å². The summed E-state index contributed by atoms with van der Waals surface area (Å²) in [7, 11) is 1.88. The molecule has 7 rings (SSSR count). The van der Waals surface area contributed by atoms with Crippen LogP contribution in [0.3, 0.4) is 0 Å². The Kier molecular flexibility index (Phi) is 7.39. The summed E-state index contributed by atoms with van der Waals surface area (Å²) in [5.41, 5.74) is 5.33. The van der Waals surface area contributed by atoms with Crippen molar-refractivity contribution in [2.24, 2.45) is 0 Å². The normalized spacial score (nSPS) is 17.9. The van der Waals surface area contributed by atoms with Crippen LogP contribution in [0.4, 0.5) is 15.8 Å². The van der Waals surface area contributed by atoms with E-state index >= 15 is 9.18 Å².